The van der Waals surface area contributed by atoms with Crippen molar-refractivity contribution >= 4 is 27.0 Å². The number of sulfonamides is 1. The van der Waals surface area contributed by atoms with E-state index in [1.165, 1.54) is 6.07 Å². The third kappa shape index (κ3) is 3.45. The first-order chi connectivity index (χ1) is 9.85. The summed E-state index contributed by atoms with van der Waals surface area (Å²) in [6, 6.07) is 6.83. The van der Waals surface area contributed by atoms with E-state index in [0.717, 1.165) is 16.0 Å². The van der Waals surface area contributed by atoms with Crippen LogP contribution in [-0.2, 0) is 10.0 Å². The molecule has 1 aromatic carbocycles. The summed E-state index contributed by atoms with van der Waals surface area (Å²) in [5.74, 6) is 0. The molecule has 0 saturated carbocycles. The van der Waals surface area contributed by atoms with Gasteiger partial charge >= 0.3 is 0 Å². The molecular formula is C15H20N2O2S2. The molecule has 6 heteroatoms. The van der Waals surface area contributed by atoms with E-state index in [1.54, 1.807) is 17.4 Å². The van der Waals surface area contributed by atoms with Crippen molar-refractivity contribution in [3.63, 3.8) is 0 Å². The minimum absolute atomic E-state index is 0.210. The van der Waals surface area contributed by atoms with Crippen molar-refractivity contribution in [2.24, 2.45) is 0 Å². The molecule has 0 aliphatic rings. The van der Waals surface area contributed by atoms with Crippen LogP contribution in [0, 0.1) is 13.8 Å². The summed E-state index contributed by atoms with van der Waals surface area (Å²) in [6.45, 7) is 5.71. The Morgan fingerprint density at radius 1 is 1.33 bits per heavy atom. The first-order valence-electron chi connectivity index (χ1n) is 6.77. The molecule has 0 fully saturated rings. The van der Waals surface area contributed by atoms with Gasteiger partial charge in [0, 0.05) is 10.6 Å². The molecular weight excluding hydrogens is 304 g/mol. The Bertz CT molecular complexity index is 699. The topological polar surface area (TPSA) is 72.2 Å². The molecule has 0 aliphatic heterocycles. The molecule has 2 aromatic rings. The quantitative estimate of drug-likeness (QED) is 0.828. The summed E-state index contributed by atoms with van der Waals surface area (Å²) < 4.78 is 27.9. The number of nitrogens with one attached hydrogen (secondary N) is 1. The Morgan fingerprint density at radius 3 is 2.57 bits per heavy atom. The van der Waals surface area contributed by atoms with Crippen molar-refractivity contribution in [1.82, 2.24) is 4.72 Å². The SMILES string of the molecule is CCC(NS(=O)(=O)c1cc(C)c(C)c(N)c1)c1cccs1. The Hall–Kier alpha value is -1.37. The van der Waals surface area contributed by atoms with Crippen LogP contribution >= 0.6 is 11.3 Å². The molecule has 3 N–H and O–H groups in total. The second-order valence-corrected chi connectivity index (χ2v) is 7.75. The first-order valence-corrected chi connectivity index (χ1v) is 9.14. The Kier molecular flexibility index (Phi) is 4.70. The van der Waals surface area contributed by atoms with Gasteiger partial charge in [0.2, 0.25) is 10.0 Å². The number of nitrogen functional groups attached to an aromatic ring is 1. The number of hydrogen-bond donors (Lipinski definition) is 2. The van der Waals surface area contributed by atoms with Crippen LogP contribution in [0.4, 0.5) is 5.69 Å². The zero-order chi connectivity index (χ0) is 15.6. The lowest BCUT2D eigenvalue weighted by Gasteiger charge is -2.17. The van der Waals surface area contributed by atoms with E-state index in [0.29, 0.717) is 12.1 Å². The number of hydrogen-bond acceptors (Lipinski definition) is 4. The summed E-state index contributed by atoms with van der Waals surface area (Å²) in [5, 5.41) is 1.94. The largest absolute Gasteiger partial charge is 0.398 e. The smallest absolute Gasteiger partial charge is 0.241 e. The van der Waals surface area contributed by atoms with Crippen LogP contribution in [0.5, 0.6) is 0 Å². The summed E-state index contributed by atoms with van der Waals surface area (Å²) >= 11 is 1.55. The van der Waals surface area contributed by atoms with Gasteiger partial charge in [-0.25, -0.2) is 13.1 Å². The minimum atomic E-state index is -3.58. The summed E-state index contributed by atoms with van der Waals surface area (Å²) in [4.78, 5) is 1.23. The number of rotatable bonds is 5. The van der Waals surface area contributed by atoms with E-state index in [1.807, 2.05) is 38.3 Å². The average molecular weight is 324 g/mol. The van der Waals surface area contributed by atoms with Gasteiger partial charge in [0.05, 0.1) is 10.9 Å². The van der Waals surface area contributed by atoms with Gasteiger partial charge < -0.3 is 5.73 Å². The maximum atomic E-state index is 12.6. The van der Waals surface area contributed by atoms with E-state index < -0.39 is 10.0 Å². The van der Waals surface area contributed by atoms with Crippen LogP contribution in [0.2, 0.25) is 0 Å². The molecule has 1 heterocycles. The van der Waals surface area contributed by atoms with Crippen molar-refractivity contribution in [3.05, 3.63) is 45.6 Å². The van der Waals surface area contributed by atoms with Gasteiger partial charge in [0.15, 0.2) is 0 Å². The highest BCUT2D eigenvalue weighted by Gasteiger charge is 2.22. The van der Waals surface area contributed by atoms with Crippen molar-refractivity contribution < 1.29 is 8.42 Å². The highest BCUT2D eigenvalue weighted by molar-refractivity contribution is 7.89. The summed E-state index contributed by atoms with van der Waals surface area (Å²) in [7, 11) is -3.58. The van der Waals surface area contributed by atoms with Crippen molar-refractivity contribution in [2.75, 3.05) is 5.73 Å². The second-order valence-electron chi connectivity index (χ2n) is 5.05. The van der Waals surface area contributed by atoms with E-state index in [-0.39, 0.29) is 10.9 Å². The van der Waals surface area contributed by atoms with Gasteiger partial charge in [0.25, 0.3) is 0 Å². The monoisotopic (exact) mass is 324 g/mol. The molecule has 0 bridgehead atoms. The maximum Gasteiger partial charge on any atom is 0.241 e. The number of aryl methyl sites for hydroxylation is 1. The van der Waals surface area contributed by atoms with Gasteiger partial charge in [-0.15, -0.1) is 11.3 Å². The van der Waals surface area contributed by atoms with Crippen molar-refractivity contribution in [1.29, 1.82) is 0 Å². The lowest BCUT2D eigenvalue weighted by molar-refractivity contribution is 0.553. The third-order valence-corrected chi connectivity index (χ3v) is 6.02. The molecule has 1 atom stereocenters. The van der Waals surface area contributed by atoms with Crippen LogP contribution in [0.25, 0.3) is 0 Å². The van der Waals surface area contributed by atoms with Crippen molar-refractivity contribution in [2.45, 2.75) is 38.1 Å². The molecule has 2 rings (SSSR count). The number of thiophene rings is 1. The van der Waals surface area contributed by atoms with Crippen LogP contribution < -0.4 is 10.5 Å². The predicted molar refractivity (Wildman–Crippen MR) is 88.0 cm³/mol. The van der Waals surface area contributed by atoms with Crippen molar-refractivity contribution in [3.8, 4) is 0 Å². The standard InChI is InChI=1S/C15H20N2O2S2/c1-4-14(15-6-5-7-20-15)17-21(18,19)12-8-10(2)11(3)13(16)9-12/h5-9,14,17H,4,16H2,1-3H3. The zero-order valence-electron chi connectivity index (χ0n) is 12.4. The van der Waals surface area contributed by atoms with Crippen LogP contribution in [0.1, 0.15) is 35.4 Å². The van der Waals surface area contributed by atoms with Crippen LogP contribution in [0.15, 0.2) is 34.5 Å². The normalized spacial score (nSPS) is 13.3. The van der Waals surface area contributed by atoms with E-state index in [9.17, 15) is 8.42 Å². The molecule has 0 aliphatic carbocycles. The second kappa shape index (κ2) is 6.17. The molecule has 1 aromatic heterocycles. The van der Waals surface area contributed by atoms with Gasteiger partial charge in [0.1, 0.15) is 0 Å². The lowest BCUT2D eigenvalue weighted by atomic mass is 10.1. The third-order valence-electron chi connectivity index (χ3n) is 3.58. The molecule has 114 valence electrons. The van der Waals surface area contributed by atoms with Crippen LogP contribution in [-0.4, -0.2) is 8.42 Å². The Labute approximate surface area is 130 Å². The lowest BCUT2D eigenvalue weighted by Crippen LogP contribution is -2.28. The highest BCUT2D eigenvalue weighted by atomic mass is 32.2. The molecule has 1 unspecified atom stereocenters. The summed E-state index contributed by atoms with van der Waals surface area (Å²) in [5.41, 5.74) is 8.18. The fraction of sp³-hybridized carbons (Fsp3) is 0.333. The maximum absolute atomic E-state index is 12.6. The van der Waals surface area contributed by atoms with Gasteiger partial charge in [-0.1, -0.05) is 13.0 Å². The number of nitrogens with two attached hydrogens (primary N) is 1. The van der Waals surface area contributed by atoms with Crippen LogP contribution in [0.3, 0.4) is 0 Å². The average Bonchev–Trinajstić information content (AvgIpc) is 2.95. The number of benzene rings is 1. The zero-order valence-corrected chi connectivity index (χ0v) is 14.0. The first kappa shape index (κ1) is 16.0. The van der Waals surface area contributed by atoms with Gasteiger partial charge in [-0.3, -0.25) is 0 Å². The molecule has 0 amide bonds. The molecule has 0 spiro atoms. The molecule has 21 heavy (non-hydrogen) atoms. The Morgan fingerprint density at radius 2 is 2.05 bits per heavy atom. The Balaban J connectivity index is 2.34. The number of anilines is 1. The molecule has 0 radical (unpaired) electrons. The van der Waals surface area contributed by atoms with Gasteiger partial charge in [-0.05, 0) is 55.0 Å². The van der Waals surface area contributed by atoms with E-state index >= 15 is 0 Å². The van der Waals surface area contributed by atoms with Gasteiger partial charge in [-0.2, -0.15) is 0 Å². The molecule has 4 nitrogen and oxygen atoms in total. The van der Waals surface area contributed by atoms with E-state index in [4.69, 9.17) is 5.73 Å². The summed E-state index contributed by atoms with van der Waals surface area (Å²) in [6.07, 6.45) is 0.695. The predicted octanol–water partition coefficient (Wildman–Crippen LogP) is 3.38. The van der Waals surface area contributed by atoms with E-state index in [2.05, 4.69) is 4.72 Å². The fourth-order valence-electron chi connectivity index (χ4n) is 2.10. The molecule has 0 saturated heterocycles. The minimum Gasteiger partial charge on any atom is -0.398 e. The fourth-order valence-corrected chi connectivity index (χ4v) is 4.45. The highest BCUT2D eigenvalue weighted by Crippen LogP contribution is 2.26.